The highest BCUT2D eigenvalue weighted by molar-refractivity contribution is 7.78. The minimum absolute atomic E-state index is 0.0895. The van der Waals surface area contributed by atoms with Gasteiger partial charge in [0.1, 0.15) is 5.69 Å². The first-order valence-electron chi connectivity index (χ1n) is 7.14. The lowest BCUT2D eigenvalue weighted by Gasteiger charge is -2.12. The van der Waals surface area contributed by atoms with Crippen molar-refractivity contribution in [3.8, 4) is 11.3 Å². The summed E-state index contributed by atoms with van der Waals surface area (Å²) in [6.45, 7) is 2.57. The number of hydrogen-bond acceptors (Lipinski definition) is 4. The number of nitrogens with one attached hydrogen (secondary N) is 1. The topological polar surface area (TPSA) is 81.7 Å². The Labute approximate surface area is 139 Å². The van der Waals surface area contributed by atoms with Crippen LogP contribution in [0.2, 0.25) is 0 Å². The van der Waals surface area contributed by atoms with Gasteiger partial charge in [-0.15, -0.1) is 0 Å². The molecule has 0 aliphatic heterocycles. The molecule has 24 heavy (non-hydrogen) atoms. The van der Waals surface area contributed by atoms with Gasteiger partial charge in [0, 0.05) is 24.4 Å². The maximum absolute atomic E-state index is 13.8. The Kier molecular flexibility index (Phi) is 4.18. The van der Waals surface area contributed by atoms with Crippen LogP contribution in [0.1, 0.15) is 23.7 Å². The molecule has 0 amide bonds. The number of rotatable bonds is 4. The summed E-state index contributed by atoms with van der Waals surface area (Å²) in [6.07, 6.45) is 1.51. The number of benzene rings is 1. The molecule has 0 fully saturated rings. The molecule has 3 rings (SSSR count). The Morgan fingerprint density at radius 1 is 1.33 bits per heavy atom. The summed E-state index contributed by atoms with van der Waals surface area (Å²) in [5.41, 5.74) is 2.54. The number of aromatic nitrogens is 3. The molecular weight excluding hydrogens is 336 g/mol. The number of nitrogens with zero attached hydrogens (tertiary/aromatic N) is 2. The van der Waals surface area contributed by atoms with Gasteiger partial charge in [-0.3, -0.25) is 14.3 Å². The molecule has 0 saturated carbocycles. The summed E-state index contributed by atoms with van der Waals surface area (Å²) in [7, 11) is 0. The van der Waals surface area contributed by atoms with E-state index in [1.165, 1.54) is 6.20 Å². The van der Waals surface area contributed by atoms with E-state index in [-0.39, 0.29) is 16.8 Å². The van der Waals surface area contributed by atoms with Crippen molar-refractivity contribution < 1.29 is 17.5 Å². The zero-order valence-electron chi connectivity index (χ0n) is 13.0. The fourth-order valence-electron chi connectivity index (χ4n) is 2.63. The van der Waals surface area contributed by atoms with E-state index in [0.717, 1.165) is 12.5 Å². The zero-order valence-corrected chi connectivity index (χ0v) is 13.8. The van der Waals surface area contributed by atoms with Crippen LogP contribution in [0.4, 0.5) is 8.78 Å². The van der Waals surface area contributed by atoms with Crippen LogP contribution in [0.15, 0.2) is 30.5 Å². The summed E-state index contributed by atoms with van der Waals surface area (Å²) in [6, 6.07) is 6.66. The summed E-state index contributed by atoms with van der Waals surface area (Å²) >= 11 is -2.19. The molecule has 0 bridgehead atoms. The van der Waals surface area contributed by atoms with E-state index in [2.05, 4.69) is 15.2 Å². The van der Waals surface area contributed by atoms with E-state index in [1.807, 2.05) is 0 Å². The van der Waals surface area contributed by atoms with E-state index in [1.54, 1.807) is 31.2 Å². The molecule has 1 atom stereocenters. The second-order valence-corrected chi connectivity index (χ2v) is 6.53. The molecular formula is C16H14F2N3O2S-. The highest BCUT2D eigenvalue weighted by atomic mass is 32.2. The Bertz CT molecular complexity index is 935. The van der Waals surface area contributed by atoms with Crippen molar-refractivity contribution in [1.82, 2.24) is 15.2 Å². The molecule has 1 N–H and O–H groups in total. The lowest BCUT2D eigenvalue weighted by Crippen LogP contribution is -2.08. The molecule has 0 aliphatic carbocycles. The van der Waals surface area contributed by atoms with Gasteiger partial charge in [0.2, 0.25) is 0 Å². The van der Waals surface area contributed by atoms with Crippen LogP contribution in [0.25, 0.3) is 22.2 Å². The van der Waals surface area contributed by atoms with Crippen LogP contribution < -0.4 is 0 Å². The largest absolute Gasteiger partial charge is 0.772 e. The van der Waals surface area contributed by atoms with Gasteiger partial charge in [0.25, 0.3) is 5.92 Å². The fraction of sp³-hybridized carbons (Fsp3) is 0.250. The number of pyridine rings is 1. The highest BCUT2D eigenvalue weighted by Gasteiger charge is 2.31. The predicted octanol–water partition coefficient (Wildman–Crippen LogP) is 3.42. The summed E-state index contributed by atoms with van der Waals surface area (Å²) in [5.74, 6) is -3.17. The Morgan fingerprint density at radius 2 is 2.08 bits per heavy atom. The van der Waals surface area contributed by atoms with Crippen molar-refractivity contribution in [2.75, 3.05) is 0 Å². The van der Waals surface area contributed by atoms with Crippen LogP contribution >= 0.6 is 0 Å². The van der Waals surface area contributed by atoms with Gasteiger partial charge >= 0.3 is 0 Å². The van der Waals surface area contributed by atoms with Crippen molar-refractivity contribution in [1.29, 1.82) is 0 Å². The van der Waals surface area contributed by atoms with E-state index in [0.29, 0.717) is 22.3 Å². The molecule has 3 aromatic rings. The summed E-state index contributed by atoms with van der Waals surface area (Å²) < 4.78 is 49.4. The highest BCUT2D eigenvalue weighted by Crippen LogP contribution is 2.36. The number of halogens is 2. The van der Waals surface area contributed by atoms with E-state index in [4.69, 9.17) is 0 Å². The number of alkyl halides is 2. The first-order valence-corrected chi connectivity index (χ1v) is 8.39. The van der Waals surface area contributed by atoms with Gasteiger partial charge in [-0.05, 0) is 30.2 Å². The number of aromatic amines is 1. The molecule has 5 nitrogen and oxygen atoms in total. The Hall–Kier alpha value is -2.19. The van der Waals surface area contributed by atoms with Gasteiger partial charge in [0.15, 0.2) is 0 Å². The Morgan fingerprint density at radius 3 is 2.71 bits per heavy atom. The monoisotopic (exact) mass is 350 g/mol. The van der Waals surface area contributed by atoms with Crippen LogP contribution in [0.5, 0.6) is 0 Å². The molecule has 8 heteroatoms. The minimum Gasteiger partial charge on any atom is -0.772 e. The maximum atomic E-state index is 13.8. The normalized spacial score (nSPS) is 13.4. The quantitative estimate of drug-likeness (QED) is 0.731. The summed E-state index contributed by atoms with van der Waals surface area (Å²) in [4.78, 5) is 4.24. The molecule has 2 aromatic heterocycles. The van der Waals surface area contributed by atoms with Crippen molar-refractivity contribution in [2.24, 2.45) is 0 Å². The zero-order chi connectivity index (χ0) is 17.5. The molecule has 2 heterocycles. The number of hydrogen-bond donors (Lipinski definition) is 1. The lowest BCUT2D eigenvalue weighted by atomic mass is 10.00. The second-order valence-electron chi connectivity index (χ2n) is 5.63. The van der Waals surface area contributed by atoms with E-state index in [9.17, 15) is 17.5 Å². The maximum Gasteiger partial charge on any atom is 0.287 e. The lowest BCUT2D eigenvalue weighted by molar-refractivity contribution is 0.0142. The molecule has 1 unspecified atom stereocenters. The van der Waals surface area contributed by atoms with Crippen molar-refractivity contribution in [3.63, 3.8) is 0 Å². The molecule has 126 valence electrons. The SMILES string of the molecule is Cc1cc(-c2nccc3n[nH]c(C(C)(F)F)c23)ccc1CS(=O)[O-]. The third-order valence-corrected chi connectivity index (χ3v) is 4.34. The van der Waals surface area contributed by atoms with Gasteiger partial charge in [-0.2, -0.15) is 13.9 Å². The van der Waals surface area contributed by atoms with Gasteiger partial charge in [-0.25, -0.2) is 0 Å². The van der Waals surface area contributed by atoms with Gasteiger partial charge in [0.05, 0.1) is 16.6 Å². The number of H-pyrrole nitrogens is 1. The van der Waals surface area contributed by atoms with Gasteiger partial charge in [-0.1, -0.05) is 23.2 Å². The molecule has 0 radical (unpaired) electrons. The van der Waals surface area contributed by atoms with Crippen LogP contribution in [0, 0.1) is 6.92 Å². The van der Waals surface area contributed by atoms with Crippen LogP contribution in [-0.4, -0.2) is 23.9 Å². The van der Waals surface area contributed by atoms with Crippen molar-refractivity contribution in [2.45, 2.75) is 25.5 Å². The van der Waals surface area contributed by atoms with Crippen molar-refractivity contribution >= 4 is 22.0 Å². The van der Waals surface area contributed by atoms with Crippen LogP contribution in [-0.2, 0) is 22.8 Å². The average molecular weight is 350 g/mol. The number of aryl methyl sites for hydroxylation is 1. The minimum atomic E-state index is -3.08. The van der Waals surface area contributed by atoms with Crippen molar-refractivity contribution in [3.05, 3.63) is 47.3 Å². The van der Waals surface area contributed by atoms with Gasteiger partial charge < -0.3 is 4.55 Å². The summed E-state index contributed by atoms with van der Waals surface area (Å²) in [5, 5.41) is 6.59. The van der Waals surface area contributed by atoms with E-state index < -0.39 is 17.0 Å². The third kappa shape index (κ3) is 3.07. The van der Waals surface area contributed by atoms with Crippen LogP contribution in [0.3, 0.4) is 0 Å². The third-order valence-electron chi connectivity index (χ3n) is 3.80. The first kappa shape index (κ1) is 16.7. The molecule has 0 spiro atoms. The molecule has 0 saturated heterocycles. The standard InChI is InChI=1S/C16H15F2N3O2S/c1-9-7-10(3-4-11(9)8-24(22)23)14-13-12(5-6-19-14)20-21-15(13)16(2,17)18/h3-7H,8H2,1-2H3,(H,20,21)(H,22,23)/p-1. The smallest absolute Gasteiger partial charge is 0.287 e. The first-order chi connectivity index (χ1) is 11.3. The molecule has 0 aliphatic rings. The second kappa shape index (κ2) is 6.03. The Balaban J connectivity index is 2.18. The average Bonchev–Trinajstić information content (AvgIpc) is 2.93. The fourth-order valence-corrected chi connectivity index (χ4v) is 3.21. The predicted molar refractivity (Wildman–Crippen MR) is 86.3 cm³/mol. The molecule has 1 aromatic carbocycles. The van der Waals surface area contributed by atoms with E-state index >= 15 is 0 Å². The number of fused-ring (bicyclic) bond motifs is 1.